The van der Waals surface area contributed by atoms with Crippen LogP contribution < -0.4 is 4.74 Å². The van der Waals surface area contributed by atoms with E-state index in [9.17, 15) is 22.0 Å². The molecule has 0 heterocycles. The molecule has 6 heteroatoms. The van der Waals surface area contributed by atoms with E-state index in [2.05, 4.69) is 4.74 Å². The van der Waals surface area contributed by atoms with Crippen molar-refractivity contribution in [2.75, 3.05) is 0 Å². The summed E-state index contributed by atoms with van der Waals surface area (Å²) >= 11 is 0. The molecule has 0 radical (unpaired) electrons. The van der Waals surface area contributed by atoms with Crippen LogP contribution >= 0.6 is 0 Å². The van der Waals surface area contributed by atoms with E-state index in [0.717, 1.165) is 53.3 Å². The Morgan fingerprint density at radius 2 is 1.69 bits per heavy atom. The van der Waals surface area contributed by atoms with Crippen LogP contribution in [0.15, 0.2) is 48.5 Å². The van der Waals surface area contributed by atoms with E-state index < -0.39 is 23.7 Å². The van der Waals surface area contributed by atoms with Gasteiger partial charge in [-0.3, -0.25) is 0 Å². The number of rotatable bonds is 3. The monoisotopic (exact) mass is 406 g/mol. The third-order valence-electron chi connectivity index (χ3n) is 5.77. The first-order chi connectivity index (χ1) is 13.8. The van der Waals surface area contributed by atoms with Gasteiger partial charge in [0.05, 0.1) is 0 Å². The Morgan fingerprint density at radius 1 is 1.00 bits per heavy atom. The Labute approximate surface area is 165 Å². The van der Waals surface area contributed by atoms with Gasteiger partial charge in [-0.25, -0.2) is 8.78 Å². The van der Waals surface area contributed by atoms with Crippen molar-refractivity contribution < 1.29 is 26.7 Å². The zero-order valence-electron chi connectivity index (χ0n) is 15.7. The Hall–Kier alpha value is -2.63. The van der Waals surface area contributed by atoms with E-state index in [4.69, 9.17) is 0 Å². The summed E-state index contributed by atoms with van der Waals surface area (Å²) in [5, 5.41) is 2.19. The molecule has 1 aliphatic rings. The predicted octanol–water partition coefficient (Wildman–Crippen LogP) is 7.12. The van der Waals surface area contributed by atoms with Gasteiger partial charge in [0.25, 0.3) is 0 Å². The molecule has 0 N–H and O–H groups in total. The average Bonchev–Trinajstić information content (AvgIpc) is 2.68. The molecule has 1 aliphatic carbocycles. The lowest BCUT2D eigenvalue weighted by atomic mass is 9.70. The Morgan fingerprint density at radius 3 is 2.34 bits per heavy atom. The van der Waals surface area contributed by atoms with Gasteiger partial charge in [0.15, 0.2) is 11.6 Å². The van der Waals surface area contributed by atoms with Crippen molar-refractivity contribution >= 4 is 10.8 Å². The van der Waals surface area contributed by atoms with Gasteiger partial charge in [-0.15, -0.1) is 13.2 Å². The first-order valence-electron chi connectivity index (χ1n) is 9.53. The minimum absolute atomic E-state index is 0.136. The van der Waals surface area contributed by atoms with Crippen LogP contribution in [0.2, 0.25) is 0 Å². The number of hydrogen-bond acceptors (Lipinski definition) is 1. The van der Waals surface area contributed by atoms with Gasteiger partial charge in [0, 0.05) is 5.92 Å². The summed E-state index contributed by atoms with van der Waals surface area (Å²) in [4.78, 5) is 0. The molecular formula is C23H19F5O. The number of benzene rings is 3. The van der Waals surface area contributed by atoms with Gasteiger partial charge in [-0.1, -0.05) is 49.7 Å². The molecule has 0 saturated heterocycles. The molecule has 0 aliphatic heterocycles. The topological polar surface area (TPSA) is 9.23 Å². The molecule has 4 rings (SSSR count). The van der Waals surface area contributed by atoms with Crippen LogP contribution in [-0.4, -0.2) is 6.36 Å². The van der Waals surface area contributed by atoms with Crippen LogP contribution in [0.25, 0.3) is 10.8 Å². The highest BCUT2D eigenvalue weighted by Crippen LogP contribution is 2.45. The molecule has 0 spiro atoms. The predicted molar refractivity (Wildman–Crippen MR) is 101 cm³/mol. The van der Waals surface area contributed by atoms with Gasteiger partial charge in [0.2, 0.25) is 5.75 Å². The maximum absolute atomic E-state index is 14.4. The summed E-state index contributed by atoms with van der Waals surface area (Å²) in [6, 6.07) is 13.8. The van der Waals surface area contributed by atoms with Gasteiger partial charge in [-0.2, -0.15) is 0 Å². The Bertz CT molecular complexity index is 1030. The minimum atomic E-state index is -5.16. The fraction of sp³-hybridized carbons (Fsp3) is 0.304. The number of hydrogen-bond donors (Lipinski definition) is 0. The van der Waals surface area contributed by atoms with E-state index in [1.165, 1.54) is 0 Å². The van der Waals surface area contributed by atoms with Gasteiger partial charge >= 0.3 is 6.36 Å². The smallest absolute Gasteiger partial charge is 0.399 e. The van der Waals surface area contributed by atoms with E-state index in [0.29, 0.717) is 5.56 Å². The van der Waals surface area contributed by atoms with Crippen LogP contribution in [0.1, 0.15) is 42.4 Å². The second-order valence-electron chi connectivity index (χ2n) is 7.40. The second kappa shape index (κ2) is 7.32. The molecule has 3 aromatic carbocycles. The molecule has 29 heavy (non-hydrogen) atoms. The van der Waals surface area contributed by atoms with Crippen LogP contribution in [-0.2, 0) is 6.42 Å². The second-order valence-corrected chi connectivity index (χ2v) is 7.40. The molecule has 2 atom stereocenters. The summed E-state index contributed by atoms with van der Waals surface area (Å²) in [5.41, 5.74) is 2.44. The van der Waals surface area contributed by atoms with E-state index in [1.807, 2.05) is 43.3 Å². The summed E-state index contributed by atoms with van der Waals surface area (Å²) in [6.45, 7) is 2.01. The van der Waals surface area contributed by atoms with Crippen molar-refractivity contribution in [2.24, 2.45) is 5.92 Å². The summed E-state index contributed by atoms with van der Waals surface area (Å²) < 4.78 is 69.7. The standard InChI is InChI=1S/C23H19F5O/c1-2-13-7-9-17-16-6-4-3-5-14(16)8-10-18(17)21(13)15-11-19(24)22(20(25)12-15)29-23(26,27)28/h3-6,8,10-13,21H,2,7,9H2,1H3/t13-,21-/m1/s1. The van der Waals surface area contributed by atoms with Crippen molar-refractivity contribution in [3.8, 4) is 5.75 Å². The van der Waals surface area contributed by atoms with Gasteiger partial charge in [0.1, 0.15) is 0 Å². The zero-order chi connectivity index (χ0) is 20.8. The van der Waals surface area contributed by atoms with Crippen molar-refractivity contribution in [1.29, 1.82) is 0 Å². The fourth-order valence-electron chi connectivity index (χ4n) is 4.54. The molecule has 0 unspecified atom stereocenters. The lowest BCUT2D eigenvalue weighted by Gasteiger charge is -2.34. The van der Waals surface area contributed by atoms with Crippen molar-refractivity contribution in [3.63, 3.8) is 0 Å². The van der Waals surface area contributed by atoms with Crippen molar-refractivity contribution in [2.45, 2.75) is 38.5 Å². The van der Waals surface area contributed by atoms with Crippen molar-refractivity contribution in [1.82, 2.24) is 0 Å². The molecule has 1 nitrogen and oxygen atoms in total. The zero-order valence-corrected chi connectivity index (χ0v) is 15.7. The molecule has 0 amide bonds. The third kappa shape index (κ3) is 3.68. The third-order valence-corrected chi connectivity index (χ3v) is 5.77. The van der Waals surface area contributed by atoms with Crippen LogP contribution in [0, 0.1) is 17.6 Å². The van der Waals surface area contributed by atoms with Crippen LogP contribution in [0.4, 0.5) is 22.0 Å². The quantitative estimate of drug-likeness (QED) is 0.421. The highest BCUT2D eigenvalue weighted by Gasteiger charge is 2.36. The van der Waals surface area contributed by atoms with E-state index >= 15 is 0 Å². The Kier molecular flexibility index (Phi) is 4.97. The molecule has 152 valence electrons. The summed E-state index contributed by atoms with van der Waals surface area (Å²) in [7, 11) is 0. The maximum Gasteiger partial charge on any atom is 0.573 e. The fourth-order valence-corrected chi connectivity index (χ4v) is 4.54. The SMILES string of the molecule is CC[C@@H]1CCc2c(ccc3ccccc23)[C@H]1c1cc(F)c(OC(F)(F)F)c(F)c1. The maximum atomic E-state index is 14.4. The van der Waals surface area contributed by atoms with Crippen LogP contribution in [0.3, 0.4) is 0 Å². The molecule has 0 bridgehead atoms. The first kappa shape index (κ1) is 19.7. The number of aryl methyl sites for hydroxylation is 1. The molecular weight excluding hydrogens is 387 g/mol. The van der Waals surface area contributed by atoms with Crippen LogP contribution in [0.5, 0.6) is 5.75 Å². The number of ether oxygens (including phenoxy) is 1. The number of fused-ring (bicyclic) bond motifs is 3. The van der Waals surface area contributed by atoms with Crippen molar-refractivity contribution in [3.05, 3.63) is 76.9 Å². The highest BCUT2D eigenvalue weighted by atomic mass is 19.4. The van der Waals surface area contributed by atoms with Gasteiger partial charge < -0.3 is 4.74 Å². The lowest BCUT2D eigenvalue weighted by molar-refractivity contribution is -0.276. The Balaban J connectivity index is 1.85. The summed E-state index contributed by atoms with van der Waals surface area (Å²) in [6.07, 6.45) is -2.68. The average molecular weight is 406 g/mol. The number of halogens is 5. The largest absolute Gasteiger partial charge is 0.573 e. The van der Waals surface area contributed by atoms with E-state index in [1.54, 1.807) is 0 Å². The molecule has 0 saturated carbocycles. The molecule has 0 aromatic heterocycles. The lowest BCUT2D eigenvalue weighted by Crippen LogP contribution is -2.23. The minimum Gasteiger partial charge on any atom is -0.399 e. The first-order valence-corrected chi connectivity index (χ1v) is 9.53. The summed E-state index contributed by atoms with van der Waals surface area (Å²) in [5.74, 6) is -4.27. The highest BCUT2D eigenvalue weighted by molar-refractivity contribution is 5.87. The molecule has 3 aromatic rings. The molecule has 0 fully saturated rings. The van der Waals surface area contributed by atoms with E-state index in [-0.39, 0.29) is 11.8 Å². The van der Waals surface area contributed by atoms with Gasteiger partial charge in [-0.05, 0) is 58.4 Å². The number of alkyl halides is 3. The normalized spacial score (nSPS) is 19.2.